The van der Waals surface area contributed by atoms with Crippen molar-refractivity contribution in [1.82, 2.24) is 4.31 Å². The van der Waals surface area contributed by atoms with Crippen molar-refractivity contribution in [2.24, 2.45) is 11.8 Å². The highest BCUT2D eigenvalue weighted by molar-refractivity contribution is 7.89. The third-order valence-corrected chi connectivity index (χ3v) is 5.53. The second-order valence-corrected chi connectivity index (χ2v) is 7.05. The predicted octanol–water partition coefficient (Wildman–Crippen LogP) is 1.55. The molecule has 0 aliphatic rings. The molecule has 0 amide bonds. The van der Waals surface area contributed by atoms with E-state index in [1.807, 2.05) is 13.8 Å². The summed E-state index contributed by atoms with van der Waals surface area (Å²) in [4.78, 5) is 10.0. The molecule has 1 rings (SSSR count). The quantitative estimate of drug-likeness (QED) is 0.467. The van der Waals surface area contributed by atoms with E-state index in [0.29, 0.717) is 0 Å². The van der Waals surface area contributed by atoms with Crippen LogP contribution in [0.5, 0.6) is 0 Å². The number of sulfonamides is 1. The zero-order valence-corrected chi connectivity index (χ0v) is 13.2. The summed E-state index contributed by atoms with van der Waals surface area (Å²) in [5.74, 6) is 5.42. The number of hydrogen-bond donors (Lipinski definition) is 2. The summed E-state index contributed by atoms with van der Waals surface area (Å²) in [5, 5.41) is 10.7. The second-order valence-electron chi connectivity index (χ2n) is 5.09. The van der Waals surface area contributed by atoms with Crippen LogP contribution in [0.15, 0.2) is 23.1 Å². The summed E-state index contributed by atoms with van der Waals surface area (Å²) >= 11 is 0. The molecule has 0 aliphatic heterocycles. The summed E-state index contributed by atoms with van der Waals surface area (Å²) < 4.78 is 26.4. The highest BCUT2D eigenvalue weighted by atomic mass is 32.2. The standard InChI is InChI=1S/C12H20N4O4S/c1-8(2)9(3)15(4)21(19,20)12-6-5-10(16(17)18)7-11(12)14-13/h5-9,14H,13H2,1-4H3. The predicted molar refractivity (Wildman–Crippen MR) is 80.2 cm³/mol. The fraction of sp³-hybridized carbons (Fsp3) is 0.500. The average Bonchev–Trinajstić information content (AvgIpc) is 2.44. The minimum Gasteiger partial charge on any atom is -0.323 e. The molecule has 0 radical (unpaired) electrons. The Kier molecular flexibility index (Phi) is 5.26. The number of hydrazine groups is 1. The van der Waals surface area contributed by atoms with Gasteiger partial charge < -0.3 is 5.43 Å². The third kappa shape index (κ3) is 3.49. The molecule has 118 valence electrons. The molecule has 0 aliphatic carbocycles. The maximum atomic E-state index is 12.6. The van der Waals surface area contributed by atoms with Crippen molar-refractivity contribution >= 4 is 21.4 Å². The Bertz CT molecular complexity index is 630. The molecule has 1 aromatic rings. The van der Waals surface area contributed by atoms with Crippen LogP contribution in [-0.4, -0.2) is 30.7 Å². The zero-order chi connectivity index (χ0) is 16.4. The Labute approximate surface area is 124 Å². The van der Waals surface area contributed by atoms with Crippen molar-refractivity contribution in [2.75, 3.05) is 12.5 Å². The lowest BCUT2D eigenvalue weighted by Crippen LogP contribution is -2.38. The maximum absolute atomic E-state index is 12.6. The Morgan fingerprint density at radius 1 is 1.33 bits per heavy atom. The average molecular weight is 316 g/mol. The molecule has 0 fully saturated rings. The van der Waals surface area contributed by atoms with Gasteiger partial charge in [-0.05, 0) is 18.9 Å². The van der Waals surface area contributed by atoms with E-state index in [1.165, 1.54) is 17.4 Å². The number of nitrogens with two attached hydrogens (primary N) is 1. The number of anilines is 1. The molecular formula is C12H20N4O4S. The summed E-state index contributed by atoms with van der Waals surface area (Å²) in [6, 6.07) is 3.20. The van der Waals surface area contributed by atoms with Crippen LogP contribution in [0, 0.1) is 16.0 Å². The van der Waals surface area contributed by atoms with Gasteiger partial charge in [0.25, 0.3) is 5.69 Å². The molecule has 1 aromatic carbocycles. The van der Waals surface area contributed by atoms with E-state index in [4.69, 9.17) is 5.84 Å². The Morgan fingerprint density at radius 2 is 1.90 bits per heavy atom. The van der Waals surface area contributed by atoms with Gasteiger partial charge >= 0.3 is 0 Å². The van der Waals surface area contributed by atoms with Crippen molar-refractivity contribution in [3.8, 4) is 0 Å². The van der Waals surface area contributed by atoms with E-state index in [1.54, 1.807) is 6.92 Å². The number of hydrogen-bond acceptors (Lipinski definition) is 6. The van der Waals surface area contributed by atoms with Crippen LogP contribution in [0.2, 0.25) is 0 Å². The van der Waals surface area contributed by atoms with Gasteiger partial charge in [-0.2, -0.15) is 4.31 Å². The van der Waals surface area contributed by atoms with Gasteiger partial charge in [0.1, 0.15) is 4.90 Å². The molecule has 0 saturated carbocycles. The first kappa shape index (κ1) is 17.3. The van der Waals surface area contributed by atoms with Crippen molar-refractivity contribution < 1.29 is 13.3 Å². The number of rotatable bonds is 6. The lowest BCUT2D eigenvalue weighted by Gasteiger charge is -2.27. The molecular weight excluding hydrogens is 296 g/mol. The highest BCUT2D eigenvalue weighted by Gasteiger charge is 2.30. The van der Waals surface area contributed by atoms with E-state index >= 15 is 0 Å². The van der Waals surface area contributed by atoms with Crippen molar-refractivity contribution in [3.05, 3.63) is 28.3 Å². The largest absolute Gasteiger partial charge is 0.323 e. The van der Waals surface area contributed by atoms with Crippen molar-refractivity contribution in [1.29, 1.82) is 0 Å². The van der Waals surface area contributed by atoms with E-state index in [0.717, 1.165) is 12.1 Å². The van der Waals surface area contributed by atoms with E-state index in [-0.39, 0.29) is 28.2 Å². The number of nitrogens with zero attached hydrogens (tertiary/aromatic N) is 2. The molecule has 3 N–H and O–H groups in total. The number of nitrogen functional groups attached to an aromatic ring is 1. The first-order chi connectivity index (χ1) is 9.62. The fourth-order valence-electron chi connectivity index (χ4n) is 1.76. The molecule has 21 heavy (non-hydrogen) atoms. The number of non-ortho nitro benzene ring substituents is 1. The molecule has 0 heterocycles. The van der Waals surface area contributed by atoms with Crippen molar-refractivity contribution in [3.63, 3.8) is 0 Å². The second kappa shape index (κ2) is 6.37. The molecule has 8 nitrogen and oxygen atoms in total. The fourth-order valence-corrected chi connectivity index (χ4v) is 3.39. The van der Waals surface area contributed by atoms with Gasteiger partial charge in [0.05, 0.1) is 10.6 Å². The number of nitro groups is 1. The molecule has 9 heteroatoms. The smallest absolute Gasteiger partial charge is 0.271 e. The monoisotopic (exact) mass is 316 g/mol. The molecule has 0 spiro atoms. The Balaban J connectivity index is 3.35. The lowest BCUT2D eigenvalue weighted by molar-refractivity contribution is -0.384. The molecule has 0 aromatic heterocycles. The number of nitro benzene ring substituents is 1. The number of benzene rings is 1. The number of nitrogens with one attached hydrogen (secondary N) is 1. The van der Waals surface area contributed by atoms with Gasteiger partial charge in [-0.3, -0.25) is 16.0 Å². The summed E-state index contributed by atoms with van der Waals surface area (Å²) in [7, 11) is -2.33. The maximum Gasteiger partial charge on any atom is 0.271 e. The van der Waals surface area contributed by atoms with E-state index < -0.39 is 14.9 Å². The molecule has 0 bridgehead atoms. The third-order valence-electron chi connectivity index (χ3n) is 3.52. The van der Waals surface area contributed by atoms with E-state index in [2.05, 4.69) is 5.43 Å². The van der Waals surface area contributed by atoms with Gasteiger partial charge in [-0.1, -0.05) is 13.8 Å². The van der Waals surface area contributed by atoms with Crippen molar-refractivity contribution in [2.45, 2.75) is 31.7 Å². The minimum atomic E-state index is -3.80. The molecule has 1 atom stereocenters. The molecule has 0 saturated heterocycles. The SMILES string of the molecule is CC(C)C(C)N(C)S(=O)(=O)c1ccc([N+](=O)[O-])cc1NN. The van der Waals surface area contributed by atoms with Crippen LogP contribution in [0.3, 0.4) is 0 Å². The van der Waals surface area contributed by atoms with Crippen LogP contribution in [0.4, 0.5) is 11.4 Å². The van der Waals surface area contributed by atoms with Crippen LogP contribution in [-0.2, 0) is 10.0 Å². The summed E-state index contributed by atoms with van der Waals surface area (Å²) in [6.45, 7) is 5.62. The van der Waals surface area contributed by atoms with Gasteiger partial charge in [-0.15, -0.1) is 0 Å². The van der Waals surface area contributed by atoms with Crippen LogP contribution in [0.25, 0.3) is 0 Å². The Morgan fingerprint density at radius 3 is 2.33 bits per heavy atom. The van der Waals surface area contributed by atoms with Gasteiger partial charge in [0.15, 0.2) is 0 Å². The first-order valence-corrected chi connectivity index (χ1v) is 7.80. The van der Waals surface area contributed by atoms with Gasteiger partial charge in [0, 0.05) is 25.2 Å². The topological polar surface area (TPSA) is 119 Å². The van der Waals surface area contributed by atoms with E-state index in [9.17, 15) is 18.5 Å². The summed E-state index contributed by atoms with van der Waals surface area (Å²) in [5.41, 5.74) is 1.97. The highest BCUT2D eigenvalue weighted by Crippen LogP contribution is 2.29. The molecule has 1 unspecified atom stereocenters. The van der Waals surface area contributed by atoms with Crippen LogP contribution >= 0.6 is 0 Å². The first-order valence-electron chi connectivity index (χ1n) is 6.36. The minimum absolute atomic E-state index is 0.00740. The van der Waals surface area contributed by atoms with Gasteiger partial charge in [0.2, 0.25) is 10.0 Å². The normalized spacial score (nSPS) is 13.5. The van der Waals surface area contributed by atoms with Gasteiger partial charge in [-0.25, -0.2) is 8.42 Å². The van der Waals surface area contributed by atoms with Crippen LogP contribution < -0.4 is 11.3 Å². The summed E-state index contributed by atoms with van der Waals surface area (Å²) in [6.07, 6.45) is 0. The Hall–Kier alpha value is -1.71. The zero-order valence-electron chi connectivity index (χ0n) is 12.4. The lowest BCUT2D eigenvalue weighted by atomic mass is 10.1. The van der Waals surface area contributed by atoms with Crippen LogP contribution in [0.1, 0.15) is 20.8 Å².